The van der Waals surface area contributed by atoms with Crippen LogP contribution in [0.15, 0.2) is 30.3 Å². The molecule has 2 unspecified atom stereocenters. The van der Waals surface area contributed by atoms with Gasteiger partial charge in [0.2, 0.25) is 5.91 Å². The lowest BCUT2D eigenvalue weighted by Gasteiger charge is -2.20. The molecular formula is C13H19NO4. The highest BCUT2D eigenvalue weighted by Crippen LogP contribution is 2.16. The third kappa shape index (κ3) is 4.97. The summed E-state index contributed by atoms with van der Waals surface area (Å²) in [4.78, 5) is 21.6. The van der Waals surface area contributed by atoms with Gasteiger partial charge in [-0.15, -0.1) is 0 Å². The van der Waals surface area contributed by atoms with E-state index in [9.17, 15) is 14.7 Å². The summed E-state index contributed by atoms with van der Waals surface area (Å²) < 4.78 is 0. The molecule has 18 heavy (non-hydrogen) atoms. The predicted octanol–water partition coefficient (Wildman–Crippen LogP) is 1.34. The van der Waals surface area contributed by atoms with Gasteiger partial charge in [0.15, 0.2) is 6.10 Å². The van der Waals surface area contributed by atoms with Crippen molar-refractivity contribution < 1.29 is 19.8 Å². The quantitative estimate of drug-likeness (QED) is 0.755. The van der Waals surface area contributed by atoms with E-state index < -0.39 is 24.0 Å². The van der Waals surface area contributed by atoms with E-state index in [0.717, 1.165) is 0 Å². The summed E-state index contributed by atoms with van der Waals surface area (Å²) in [5.74, 6) is -1.77. The summed E-state index contributed by atoms with van der Waals surface area (Å²) in [6.07, 6.45) is -1.66. The molecule has 5 nitrogen and oxygen atoms in total. The molecule has 0 heterocycles. The van der Waals surface area contributed by atoms with Gasteiger partial charge in [0.25, 0.3) is 0 Å². The zero-order valence-corrected chi connectivity index (χ0v) is 10.8. The second-order valence-electron chi connectivity index (χ2n) is 3.37. The third-order valence-electron chi connectivity index (χ3n) is 2.09. The Hall–Kier alpha value is -1.88. The van der Waals surface area contributed by atoms with Gasteiger partial charge in [0.05, 0.1) is 6.04 Å². The number of carboxylic acids is 1. The van der Waals surface area contributed by atoms with E-state index in [2.05, 4.69) is 5.32 Å². The number of aliphatic hydroxyl groups is 1. The molecule has 1 aromatic rings. The van der Waals surface area contributed by atoms with E-state index in [4.69, 9.17) is 5.11 Å². The van der Waals surface area contributed by atoms with Crippen LogP contribution in [0.3, 0.4) is 0 Å². The average Bonchev–Trinajstić information content (AvgIpc) is 2.38. The number of carbonyl (C=O) groups excluding carboxylic acids is 1. The number of carboxylic acid groups (broad SMARTS) is 1. The maximum atomic E-state index is 10.9. The van der Waals surface area contributed by atoms with Gasteiger partial charge < -0.3 is 15.5 Å². The number of nitrogens with one attached hydrogen (secondary N) is 1. The summed E-state index contributed by atoms with van der Waals surface area (Å²) in [6, 6.07) is 7.54. The van der Waals surface area contributed by atoms with E-state index in [1.165, 1.54) is 6.92 Å². The van der Waals surface area contributed by atoms with Gasteiger partial charge in [0, 0.05) is 6.92 Å². The monoisotopic (exact) mass is 253 g/mol. The Labute approximate surface area is 106 Å². The fourth-order valence-electron chi connectivity index (χ4n) is 1.37. The maximum absolute atomic E-state index is 10.9. The lowest BCUT2D eigenvalue weighted by atomic mass is 10.0. The van der Waals surface area contributed by atoms with Crippen LogP contribution in [0, 0.1) is 0 Å². The summed E-state index contributed by atoms with van der Waals surface area (Å²) in [7, 11) is 0. The summed E-state index contributed by atoms with van der Waals surface area (Å²) in [6.45, 7) is 5.27. The summed E-state index contributed by atoms with van der Waals surface area (Å²) >= 11 is 0. The molecule has 0 aliphatic heterocycles. The largest absolute Gasteiger partial charge is 0.479 e. The fraction of sp³-hybridized carbons (Fsp3) is 0.385. The summed E-state index contributed by atoms with van der Waals surface area (Å²) in [5.41, 5.74) is 0.549. The van der Waals surface area contributed by atoms with Crippen molar-refractivity contribution in [2.75, 3.05) is 0 Å². The van der Waals surface area contributed by atoms with E-state index in [1.54, 1.807) is 30.3 Å². The SMILES string of the molecule is CC.CC(=O)NC(c1ccccc1)C(O)C(=O)O. The topological polar surface area (TPSA) is 86.6 Å². The van der Waals surface area contributed by atoms with Crippen molar-refractivity contribution in [3.05, 3.63) is 35.9 Å². The summed E-state index contributed by atoms with van der Waals surface area (Å²) in [5, 5.41) is 20.6. The molecule has 3 N–H and O–H groups in total. The van der Waals surface area contributed by atoms with Crippen LogP contribution >= 0.6 is 0 Å². The standard InChI is InChI=1S/C11H13NO4.C2H6/c1-7(13)12-9(10(14)11(15)16)8-5-3-2-4-6-8;1-2/h2-6,9-10,14H,1H3,(H,12,13)(H,15,16);1-2H3. The average molecular weight is 253 g/mol. The van der Waals surface area contributed by atoms with E-state index in [0.29, 0.717) is 5.56 Å². The highest BCUT2D eigenvalue weighted by Gasteiger charge is 2.27. The van der Waals surface area contributed by atoms with Crippen LogP contribution in [0.1, 0.15) is 32.4 Å². The second-order valence-corrected chi connectivity index (χ2v) is 3.37. The lowest BCUT2D eigenvalue weighted by Crippen LogP contribution is -2.39. The highest BCUT2D eigenvalue weighted by atomic mass is 16.4. The van der Waals surface area contributed by atoms with Crippen molar-refractivity contribution in [3.8, 4) is 0 Å². The molecular weight excluding hydrogens is 234 g/mol. The second kappa shape index (κ2) is 8.25. The zero-order valence-electron chi connectivity index (χ0n) is 10.8. The van der Waals surface area contributed by atoms with Crippen molar-refractivity contribution in [2.45, 2.75) is 32.9 Å². The predicted molar refractivity (Wildman–Crippen MR) is 68.0 cm³/mol. The van der Waals surface area contributed by atoms with Gasteiger partial charge in [0.1, 0.15) is 0 Å². The Morgan fingerprint density at radius 2 is 1.67 bits per heavy atom. The number of carbonyl (C=O) groups is 2. The van der Waals surface area contributed by atoms with Gasteiger partial charge in [-0.2, -0.15) is 0 Å². The van der Waals surface area contributed by atoms with Gasteiger partial charge in [-0.1, -0.05) is 44.2 Å². The zero-order chi connectivity index (χ0) is 14.1. The Morgan fingerprint density at radius 3 is 2.06 bits per heavy atom. The van der Waals surface area contributed by atoms with Crippen LogP contribution in [0.25, 0.3) is 0 Å². The number of rotatable bonds is 4. The van der Waals surface area contributed by atoms with E-state index in [1.807, 2.05) is 13.8 Å². The number of hydrogen-bond donors (Lipinski definition) is 3. The highest BCUT2D eigenvalue weighted by molar-refractivity contribution is 5.77. The lowest BCUT2D eigenvalue weighted by molar-refractivity contribution is -0.148. The first-order chi connectivity index (χ1) is 8.52. The van der Waals surface area contributed by atoms with Crippen LogP contribution < -0.4 is 5.32 Å². The Bertz CT molecular complexity index is 378. The molecule has 1 aromatic carbocycles. The molecule has 5 heteroatoms. The van der Waals surface area contributed by atoms with E-state index >= 15 is 0 Å². The number of aliphatic carboxylic acids is 1. The number of hydrogen-bond acceptors (Lipinski definition) is 3. The molecule has 1 rings (SSSR count). The molecule has 2 atom stereocenters. The molecule has 0 aliphatic rings. The number of aliphatic hydroxyl groups excluding tert-OH is 1. The molecule has 0 aromatic heterocycles. The van der Waals surface area contributed by atoms with Crippen molar-refractivity contribution in [3.63, 3.8) is 0 Å². The van der Waals surface area contributed by atoms with Gasteiger partial charge >= 0.3 is 5.97 Å². The molecule has 0 spiro atoms. The molecule has 0 radical (unpaired) electrons. The smallest absolute Gasteiger partial charge is 0.335 e. The Morgan fingerprint density at radius 1 is 1.17 bits per heavy atom. The molecule has 0 saturated carbocycles. The molecule has 0 bridgehead atoms. The van der Waals surface area contributed by atoms with E-state index in [-0.39, 0.29) is 0 Å². The Kier molecular flexibility index (Phi) is 7.38. The maximum Gasteiger partial charge on any atom is 0.335 e. The first-order valence-electron chi connectivity index (χ1n) is 5.75. The minimum Gasteiger partial charge on any atom is -0.479 e. The van der Waals surface area contributed by atoms with Crippen molar-refractivity contribution in [1.29, 1.82) is 0 Å². The first kappa shape index (κ1) is 16.1. The molecule has 0 saturated heterocycles. The molecule has 100 valence electrons. The van der Waals surface area contributed by atoms with Crippen LogP contribution in [0.4, 0.5) is 0 Å². The van der Waals surface area contributed by atoms with Crippen LogP contribution in [0.2, 0.25) is 0 Å². The van der Waals surface area contributed by atoms with Crippen molar-refractivity contribution in [1.82, 2.24) is 5.32 Å². The number of benzene rings is 1. The Balaban J connectivity index is 0.00000137. The van der Waals surface area contributed by atoms with Crippen LogP contribution in [-0.2, 0) is 9.59 Å². The minimum atomic E-state index is -1.66. The molecule has 0 aliphatic carbocycles. The van der Waals surface area contributed by atoms with Crippen LogP contribution in [-0.4, -0.2) is 28.2 Å². The van der Waals surface area contributed by atoms with Gasteiger partial charge in [-0.3, -0.25) is 4.79 Å². The van der Waals surface area contributed by atoms with Crippen molar-refractivity contribution >= 4 is 11.9 Å². The first-order valence-corrected chi connectivity index (χ1v) is 5.75. The molecule has 1 amide bonds. The van der Waals surface area contributed by atoms with Gasteiger partial charge in [-0.25, -0.2) is 4.79 Å². The fourth-order valence-corrected chi connectivity index (χ4v) is 1.37. The normalized spacial score (nSPS) is 12.7. The minimum absolute atomic E-state index is 0.394. The number of amides is 1. The third-order valence-corrected chi connectivity index (χ3v) is 2.09. The van der Waals surface area contributed by atoms with Crippen LogP contribution in [0.5, 0.6) is 0 Å². The van der Waals surface area contributed by atoms with Crippen molar-refractivity contribution in [2.24, 2.45) is 0 Å². The molecule has 0 fully saturated rings. The van der Waals surface area contributed by atoms with Gasteiger partial charge in [-0.05, 0) is 5.56 Å².